The molecule has 1 aliphatic heterocycles. The van der Waals surface area contributed by atoms with Gasteiger partial charge in [0.25, 0.3) is 0 Å². The first-order valence-corrected chi connectivity index (χ1v) is 11.0. The third kappa shape index (κ3) is 16.5. The molecular formula is C27H45NOW. The molecule has 0 unspecified atom stereocenters. The van der Waals surface area contributed by atoms with Crippen LogP contribution in [0.1, 0.15) is 66.4 Å². The van der Waals surface area contributed by atoms with Crippen molar-refractivity contribution >= 4 is 6.29 Å². The van der Waals surface area contributed by atoms with Crippen LogP contribution in [0.5, 0.6) is 0 Å². The second-order valence-electron chi connectivity index (χ2n) is 5.71. The van der Waals surface area contributed by atoms with Crippen molar-refractivity contribution in [3.63, 3.8) is 0 Å². The summed E-state index contributed by atoms with van der Waals surface area (Å²) in [6.45, 7) is 14.6. The number of carbonyl (C=O) groups excluding carboxylic acids is 1. The van der Waals surface area contributed by atoms with E-state index in [0.717, 1.165) is 16.7 Å². The van der Waals surface area contributed by atoms with Gasteiger partial charge in [-0.1, -0.05) is 108 Å². The Bertz CT molecular complexity index is 566. The van der Waals surface area contributed by atoms with Gasteiger partial charge in [0, 0.05) is 0 Å². The molecule has 2 nitrogen and oxygen atoms in total. The molecule has 0 radical (unpaired) electrons. The molecular weight excluding hydrogens is 538 g/mol. The SMILES string of the molecule is CC.CC.CC.CN1CCCCC1.O=[C-]Cc1ccccc1-c1ccccc1.[CH3-].[W+2]. The molecule has 1 heterocycles. The van der Waals surface area contributed by atoms with Crippen LogP contribution in [0.3, 0.4) is 0 Å². The van der Waals surface area contributed by atoms with Gasteiger partial charge in [0.2, 0.25) is 0 Å². The minimum atomic E-state index is 0. The quantitative estimate of drug-likeness (QED) is 0.347. The van der Waals surface area contributed by atoms with Gasteiger partial charge >= 0.3 is 21.1 Å². The van der Waals surface area contributed by atoms with Crippen molar-refractivity contribution in [1.82, 2.24) is 4.90 Å². The number of likely N-dealkylation sites (tertiary alicyclic amines) is 1. The normalized spacial score (nSPS) is 11.4. The van der Waals surface area contributed by atoms with Crippen LogP contribution in [-0.2, 0) is 32.3 Å². The number of rotatable bonds is 3. The van der Waals surface area contributed by atoms with Crippen molar-refractivity contribution < 1.29 is 25.9 Å². The number of piperidine rings is 1. The first kappa shape index (κ1) is 36.1. The zero-order valence-corrected chi connectivity index (χ0v) is 23.6. The summed E-state index contributed by atoms with van der Waals surface area (Å²) in [6.07, 6.45) is 6.57. The summed E-state index contributed by atoms with van der Waals surface area (Å²) in [5.41, 5.74) is 3.28. The summed E-state index contributed by atoms with van der Waals surface area (Å²) in [6, 6.07) is 18.0. The van der Waals surface area contributed by atoms with Gasteiger partial charge in [-0.05, 0) is 44.1 Å². The fourth-order valence-electron chi connectivity index (χ4n) is 2.70. The Morgan fingerprint density at radius 1 is 0.767 bits per heavy atom. The minimum absolute atomic E-state index is 0. The fraction of sp³-hybridized carbons (Fsp3) is 0.481. The first-order chi connectivity index (χ1) is 13.8. The van der Waals surface area contributed by atoms with Gasteiger partial charge < -0.3 is 17.1 Å². The van der Waals surface area contributed by atoms with Crippen LogP contribution in [0, 0.1) is 7.43 Å². The molecule has 170 valence electrons. The predicted octanol–water partition coefficient (Wildman–Crippen LogP) is 7.63. The molecule has 0 saturated carbocycles. The van der Waals surface area contributed by atoms with Crippen molar-refractivity contribution in [3.8, 4) is 11.1 Å². The van der Waals surface area contributed by atoms with Gasteiger partial charge in [-0.3, -0.25) is 6.29 Å². The molecule has 3 heteroatoms. The van der Waals surface area contributed by atoms with Crippen LogP contribution in [0.25, 0.3) is 11.1 Å². The summed E-state index contributed by atoms with van der Waals surface area (Å²) < 4.78 is 0. The predicted molar refractivity (Wildman–Crippen MR) is 133 cm³/mol. The Morgan fingerprint density at radius 3 is 1.67 bits per heavy atom. The summed E-state index contributed by atoms with van der Waals surface area (Å²) in [5, 5.41) is 0. The van der Waals surface area contributed by atoms with Crippen molar-refractivity contribution in [3.05, 3.63) is 67.6 Å². The molecule has 3 rings (SSSR count). The number of nitrogens with zero attached hydrogens (tertiary/aromatic N) is 1. The topological polar surface area (TPSA) is 20.3 Å². The third-order valence-electron chi connectivity index (χ3n) is 3.94. The van der Waals surface area contributed by atoms with E-state index in [-0.39, 0.29) is 28.5 Å². The Labute approximate surface area is 202 Å². The van der Waals surface area contributed by atoms with E-state index in [4.69, 9.17) is 0 Å². The van der Waals surface area contributed by atoms with Crippen LogP contribution in [0.4, 0.5) is 0 Å². The van der Waals surface area contributed by atoms with Crippen LogP contribution < -0.4 is 0 Å². The van der Waals surface area contributed by atoms with Crippen LogP contribution in [-0.4, -0.2) is 31.3 Å². The van der Waals surface area contributed by atoms with E-state index >= 15 is 0 Å². The molecule has 30 heavy (non-hydrogen) atoms. The fourth-order valence-corrected chi connectivity index (χ4v) is 2.70. The van der Waals surface area contributed by atoms with E-state index < -0.39 is 0 Å². The number of benzene rings is 2. The monoisotopic (exact) mass is 583 g/mol. The van der Waals surface area contributed by atoms with E-state index in [2.05, 4.69) is 11.9 Å². The van der Waals surface area contributed by atoms with Crippen LogP contribution in [0.15, 0.2) is 54.6 Å². The van der Waals surface area contributed by atoms with Gasteiger partial charge in [0.05, 0.1) is 0 Å². The molecule has 0 atom stereocenters. The maximum absolute atomic E-state index is 10.4. The maximum atomic E-state index is 10.4. The van der Waals surface area contributed by atoms with Crippen molar-refractivity contribution in [2.24, 2.45) is 0 Å². The minimum Gasteiger partial charge on any atom is -0.541 e. The molecule has 0 bridgehead atoms. The van der Waals surface area contributed by atoms with Crippen molar-refractivity contribution in [2.45, 2.75) is 67.2 Å². The molecule has 1 saturated heterocycles. The second kappa shape index (κ2) is 27.8. The number of hydrogen-bond donors (Lipinski definition) is 0. The molecule has 0 aliphatic carbocycles. The molecule has 0 spiro atoms. The third-order valence-corrected chi connectivity index (χ3v) is 3.94. The van der Waals surface area contributed by atoms with Crippen LogP contribution >= 0.6 is 0 Å². The summed E-state index contributed by atoms with van der Waals surface area (Å²) in [7, 11) is 2.19. The zero-order valence-electron chi connectivity index (χ0n) is 20.7. The Balaban J connectivity index is -0.000000192. The van der Waals surface area contributed by atoms with E-state index in [9.17, 15) is 4.79 Å². The maximum Gasteiger partial charge on any atom is 2.00 e. The van der Waals surface area contributed by atoms with E-state index in [0.29, 0.717) is 6.42 Å². The summed E-state index contributed by atoms with van der Waals surface area (Å²) in [4.78, 5) is 12.8. The Kier molecular flexibility index (Phi) is 33.4. The van der Waals surface area contributed by atoms with Gasteiger partial charge in [0.15, 0.2) is 0 Å². The van der Waals surface area contributed by atoms with Crippen molar-refractivity contribution in [2.75, 3.05) is 20.1 Å². The molecule has 1 aliphatic rings. The van der Waals surface area contributed by atoms with Gasteiger partial charge in [-0.15, -0.1) is 6.42 Å². The molecule has 0 amide bonds. The molecule has 2 aromatic carbocycles. The Hall–Kier alpha value is -1.24. The van der Waals surface area contributed by atoms with Gasteiger partial charge in [-0.2, -0.15) is 0 Å². The van der Waals surface area contributed by atoms with E-state index in [1.54, 1.807) is 0 Å². The number of hydrogen-bond acceptors (Lipinski definition) is 2. The summed E-state index contributed by atoms with van der Waals surface area (Å²) >= 11 is 0. The van der Waals surface area contributed by atoms with E-state index in [1.807, 2.05) is 102 Å². The first-order valence-electron chi connectivity index (χ1n) is 11.0. The molecule has 2 aromatic rings. The zero-order chi connectivity index (χ0) is 21.6. The molecule has 1 fully saturated rings. The standard InChI is InChI=1S/C14H11O.C6H13N.3C2H6.CH3.W/c15-11-10-13-8-4-5-9-14(13)12-6-2-1-3-7-12;1-7-5-3-2-4-6-7;3*1-2;;/h1-9H,10H2;2-6H2,1H3;3*1-2H3;1H3;/q-1;;;;;-1;+2. The Morgan fingerprint density at radius 2 is 1.23 bits per heavy atom. The average molecular weight is 584 g/mol. The largest absolute Gasteiger partial charge is 2.00 e. The smallest absolute Gasteiger partial charge is 0.541 e. The van der Waals surface area contributed by atoms with E-state index in [1.165, 1.54) is 32.4 Å². The molecule has 0 N–H and O–H groups in total. The average Bonchev–Trinajstić information content (AvgIpc) is 2.80. The second-order valence-corrected chi connectivity index (χ2v) is 5.71. The van der Waals surface area contributed by atoms with Gasteiger partial charge in [0.1, 0.15) is 0 Å². The van der Waals surface area contributed by atoms with Gasteiger partial charge in [-0.25, -0.2) is 0 Å². The summed E-state index contributed by atoms with van der Waals surface area (Å²) in [5.74, 6) is 0. The van der Waals surface area contributed by atoms with Crippen LogP contribution in [0.2, 0.25) is 0 Å². The molecule has 0 aromatic heterocycles. The van der Waals surface area contributed by atoms with Crippen molar-refractivity contribution in [1.29, 1.82) is 0 Å².